The molecule has 0 aliphatic heterocycles. The minimum absolute atomic E-state index is 1.01. The average molecular weight is 290 g/mol. The van der Waals surface area contributed by atoms with Gasteiger partial charge in [0.15, 0.2) is 0 Å². The predicted molar refractivity (Wildman–Crippen MR) is 89.8 cm³/mol. The molecule has 0 spiro atoms. The molecule has 0 amide bonds. The van der Waals surface area contributed by atoms with Gasteiger partial charge in [0, 0.05) is 10.1 Å². The Hall–Kier alpha value is -2.26. The van der Waals surface area contributed by atoms with Gasteiger partial charge in [0.1, 0.15) is 6.33 Å². The SMILES string of the molecule is Cc1cc2ncnc(-c3cc4ccccc4s3)c2cc1C. The van der Waals surface area contributed by atoms with Crippen LogP contribution in [0.15, 0.2) is 48.8 Å². The molecular weight excluding hydrogens is 276 g/mol. The summed E-state index contributed by atoms with van der Waals surface area (Å²) in [7, 11) is 0. The molecule has 2 heterocycles. The van der Waals surface area contributed by atoms with Gasteiger partial charge in [0.2, 0.25) is 0 Å². The molecular formula is C18H14N2S. The zero-order valence-corrected chi connectivity index (χ0v) is 12.7. The third-order valence-electron chi connectivity index (χ3n) is 3.91. The molecule has 0 radical (unpaired) electrons. The zero-order valence-electron chi connectivity index (χ0n) is 11.9. The van der Waals surface area contributed by atoms with Crippen LogP contribution in [-0.2, 0) is 0 Å². The van der Waals surface area contributed by atoms with E-state index < -0.39 is 0 Å². The van der Waals surface area contributed by atoms with E-state index in [0.717, 1.165) is 16.6 Å². The molecule has 0 saturated carbocycles. The molecule has 0 bridgehead atoms. The second kappa shape index (κ2) is 4.64. The topological polar surface area (TPSA) is 25.8 Å². The highest BCUT2D eigenvalue weighted by molar-refractivity contribution is 7.22. The van der Waals surface area contributed by atoms with Crippen LogP contribution in [0.4, 0.5) is 0 Å². The second-order valence-electron chi connectivity index (χ2n) is 5.32. The third-order valence-corrected chi connectivity index (χ3v) is 5.03. The fraction of sp³-hybridized carbons (Fsp3) is 0.111. The molecule has 3 heteroatoms. The normalized spacial score (nSPS) is 11.3. The Morgan fingerprint density at radius 3 is 2.57 bits per heavy atom. The van der Waals surface area contributed by atoms with E-state index >= 15 is 0 Å². The summed E-state index contributed by atoms with van der Waals surface area (Å²) in [6, 6.07) is 15.0. The Balaban J connectivity index is 2.03. The largest absolute Gasteiger partial charge is 0.236 e. The van der Waals surface area contributed by atoms with E-state index in [9.17, 15) is 0 Å². The Morgan fingerprint density at radius 2 is 1.71 bits per heavy atom. The molecule has 0 aliphatic rings. The summed E-state index contributed by atoms with van der Waals surface area (Å²) >= 11 is 1.78. The van der Waals surface area contributed by atoms with Gasteiger partial charge in [-0.15, -0.1) is 11.3 Å². The summed E-state index contributed by atoms with van der Waals surface area (Å²) in [6.45, 7) is 4.26. The fourth-order valence-corrected chi connectivity index (χ4v) is 3.68. The van der Waals surface area contributed by atoms with Crippen molar-refractivity contribution in [3.05, 3.63) is 59.9 Å². The van der Waals surface area contributed by atoms with E-state index in [1.165, 1.54) is 26.1 Å². The van der Waals surface area contributed by atoms with Crippen molar-refractivity contribution in [2.45, 2.75) is 13.8 Å². The van der Waals surface area contributed by atoms with E-state index in [1.807, 2.05) is 0 Å². The summed E-state index contributed by atoms with van der Waals surface area (Å²) in [6.07, 6.45) is 1.66. The van der Waals surface area contributed by atoms with Gasteiger partial charge in [-0.05, 0) is 54.6 Å². The highest BCUT2D eigenvalue weighted by Crippen LogP contribution is 2.35. The molecule has 0 saturated heterocycles. The van der Waals surface area contributed by atoms with Crippen molar-refractivity contribution in [1.82, 2.24) is 9.97 Å². The van der Waals surface area contributed by atoms with Crippen LogP contribution in [-0.4, -0.2) is 9.97 Å². The number of hydrogen-bond acceptors (Lipinski definition) is 3. The highest BCUT2D eigenvalue weighted by Gasteiger charge is 2.11. The first kappa shape index (κ1) is 12.5. The third kappa shape index (κ3) is 2.01. The number of aromatic nitrogens is 2. The van der Waals surface area contributed by atoms with Crippen molar-refractivity contribution in [1.29, 1.82) is 0 Å². The van der Waals surface area contributed by atoms with Crippen LogP contribution in [0.3, 0.4) is 0 Å². The first-order valence-corrected chi connectivity index (χ1v) is 7.75. The molecule has 0 atom stereocenters. The van der Waals surface area contributed by atoms with Gasteiger partial charge in [-0.25, -0.2) is 9.97 Å². The molecule has 0 fully saturated rings. The Kier molecular flexibility index (Phi) is 2.76. The lowest BCUT2D eigenvalue weighted by atomic mass is 10.0. The van der Waals surface area contributed by atoms with Crippen molar-refractivity contribution in [3.63, 3.8) is 0 Å². The molecule has 4 aromatic rings. The van der Waals surface area contributed by atoms with Gasteiger partial charge in [-0.1, -0.05) is 18.2 Å². The minimum atomic E-state index is 1.01. The lowest BCUT2D eigenvalue weighted by molar-refractivity contribution is 1.22. The van der Waals surface area contributed by atoms with Gasteiger partial charge in [0.05, 0.1) is 16.1 Å². The van der Waals surface area contributed by atoms with Gasteiger partial charge < -0.3 is 0 Å². The Labute approximate surface area is 127 Å². The molecule has 0 N–H and O–H groups in total. The second-order valence-corrected chi connectivity index (χ2v) is 6.41. The van der Waals surface area contributed by atoms with Crippen LogP contribution in [0, 0.1) is 13.8 Å². The van der Waals surface area contributed by atoms with Crippen molar-refractivity contribution in [3.8, 4) is 10.6 Å². The number of nitrogens with zero attached hydrogens (tertiary/aromatic N) is 2. The lowest BCUT2D eigenvalue weighted by Crippen LogP contribution is -1.90. The maximum atomic E-state index is 4.54. The molecule has 0 aliphatic carbocycles. The van der Waals surface area contributed by atoms with Crippen molar-refractivity contribution >= 4 is 32.3 Å². The first-order valence-electron chi connectivity index (χ1n) is 6.93. The van der Waals surface area contributed by atoms with Crippen LogP contribution in [0.25, 0.3) is 31.6 Å². The minimum Gasteiger partial charge on any atom is -0.236 e. The van der Waals surface area contributed by atoms with Gasteiger partial charge >= 0.3 is 0 Å². The van der Waals surface area contributed by atoms with Gasteiger partial charge in [-0.2, -0.15) is 0 Å². The Bertz CT molecular complexity index is 936. The maximum Gasteiger partial charge on any atom is 0.116 e. The number of rotatable bonds is 1. The summed E-state index contributed by atoms with van der Waals surface area (Å²) in [5, 5.41) is 2.40. The van der Waals surface area contributed by atoms with E-state index in [0.29, 0.717) is 0 Å². The summed E-state index contributed by atoms with van der Waals surface area (Å²) in [5.74, 6) is 0. The van der Waals surface area contributed by atoms with Crippen molar-refractivity contribution < 1.29 is 0 Å². The smallest absolute Gasteiger partial charge is 0.116 e. The zero-order chi connectivity index (χ0) is 14.4. The lowest BCUT2D eigenvalue weighted by Gasteiger charge is -2.06. The standard InChI is InChI=1S/C18H14N2S/c1-11-7-14-15(8-12(11)2)19-10-20-18(14)17-9-13-5-3-4-6-16(13)21-17/h3-10H,1-2H3. The summed E-state index contributed by atoms with van der Waals surface area (Å²) in [4.78, 5) is 10.2. The monoisotopic (exact) mass is 290 g/mol. The van der Waals surface area contributed by atoms with Crippen LogP contribution in [0.1, 0.15) is 11.1 Å². The maximum absolute atomic E-state index is 4.54. The van der Waals surface area contributed by atoms with E-state index in [2.05, 4.69) is 66.3 Å². The summed E-state index contributed by atoms with van der Waals surface area (Å²) in [5.41, 5.74) is 4.59. The number of thiophene rings is 1. The molecule has 0 unspecified atom stereocenters. The molecule has 2 nitrogen and oxygen atoms in total. The molecule has 102 valence electrons. The van der Waals surface area contributed by atoms with E-state index in [-0.39, 0.29) is 0 Å². The van der Waals surface area contributed by atoms with E-state index in [4.69, 9.17) is 0 Å². The van der Waals surface area contributed by atoms with Crippen molar-refractivity contribution in [2.24, 2.45) is 0 Å². The molecule has 4 rings (SSSR count). The fourth-order valence-electron chi connectivity index (χ4n) is 2.61. The number of aryl methyl sites for hydroxylation is 2. The van der Waals surface area contributed by atoms with Crippen LogP contribution < -0.4 is 0 Å². The average Bonchev–Trinajstić information content (AvgIpc) is 2.91. The summed E-state index contributed by atoms with van der Waals surface area (Å²) < 4.78 is 1.29. The Morgan fingerprint density at radius 1 is 0.905 bits per heavy atom. The molecule has 2 aromatic carbocycles. The van der Waals surface area contributed by atoms with Gasteiger partial charge in [-0.3, -0.25) is 0 Å². The van der Waals surface area contributed by atoms with Crippen LogP contribution >= 0.6 is 11.3 Å². The van der Waals surface area contributed by atoms with Crippen LogP contribution in [0.5, 0.6) is 0 Å². The predicted octanol–water partition coefficient (Wildman–Crippen LogP) is 5.13. The molecule has 21 heavy (non-hydrogen) atoms. The number of fused-ring (bicyclic) bond motifs is 2. The molecule has 2 aromatic heterocycles. The highest BCUT2D eigenvalue weighted by atomic mass is 32.1. The van der Waals surface area contributed by atoms with Crippen molar-refractivity contribution in [2.75, 3.05) is 0 Å². The number of hydrogen-bond donors (Lipinski definition) is 0. The number of benzene rings is 2. The van der Waals surface area contributed by atoms with E-state index in [1.54, 1.807) is 17.7 Å². The van der Waals surface area contributed by atoms with Crippen LogP contribution in [0.2, 0.25) is 0 Å². The van der Waals surface area contributed by atoms with Gasteiger partial charge in [0.25, 0.3) is 0 Å². The first-order chi connectivity index (χ1) is 10.2. The quantitative estimate of drug-likeness (QED) is 0.486.